The van der Waals surface area contributed by atoms with Gasteiger partial charge in [-0.25, -0.2) is 0 Å². The van der Waals surface area contributed by atoms with Gasteiger partial charge in [-0.1, -0.05) is 31.2 Å². The summed E-state index contributed by atoms with van der Waals surface area (Å²) in [6.07, 6.45) is 6.18. The van der Waals surface area contributed by atoms with Gasteiger partial charge in [-0.3, -0.25) is 0 Å². The number of rotatable bonds is 6. The maximum Gasteiger partial charge on any atom is 0.0663 e. The molecule has 0 heterocycles. The molecule has 1 aromatic carbocycles. The number of hydrogen-bond donors (Lipinski definition) is 1. The Morgan fingerprint density at radius 2 is 1.90 bits per heavy atom. The van der Waals surface area contributed by atoms with Gasteiger partial charge in [0.05, 0.1) is 24.9 Å². The maximum absolute atomic E-state index is 6.21. The van der Waals surface area contributed by atoms with Gasteiger partial charge in [0.25, 0.3) is 0 Å². The summed E-state index contributed by atoms with van der Waals surface area (Å²) in [6, 6.07) is 8.49. The van der Waals surface area contributed by atoms with Crippen LogP contribution in [-0.4, -0.2) is 25.9 Å². The number of nitrogens with two attached hydrogens (primary N) is 1. The predicted molar refractivity (Wildman–Crippen MR) is 81.8 cm³/mol. The van der Waals surface area contributed by atoms with E-state index in [1.54, 1.807) is 7.11 Å². The number of hydrogen-bond acceptors (Lipinski definition) is 3. The van der Waals surface area contributed by atoms with Crippen molar-refractivity contribution in [3.05, 3.63) is 35.4 Å². The second-order valence-corrected chi connectivity index (χ2v) is 5.68. The molecule has 112 valence electrons. The third kappa shape index (κ3) is 4.30. The van der Waals surface area contributed by atoms with Gasteiger partial charge in [-0.2, -0.15) is 0 Å². The third-order valence-corrected chi connectivity index (χ3v) is 4.24. The molecule has 0 amide bonds. The largest absolute Gasteiger partial charge is 0.381 e. The van der Waals surface area contributed by atoms with Crippen molar-refractivity contribution in [2.75, 3.05) is 13.7 Å². The lowest BCUT2D eigenvalue weighted by molar-refractivity contribution is -0.0332. The van der Waals surface area contributed by atoms with E-state index in [1.165, 1.54) is 12.0 Å². The first-order valence-corrected chi connectivity index (χ1v) is 7.71. The van der Waals surface area contributed by atoms with Crippen LogP contribution in [0.25, 0.3) is 0 Å². The Labute approximate surface area is 122 Å². The van der Waals surface area contributed by atoms with Crippen molar-refractivity contribution in [3.63, 3.8) is 0 Å². The van der Waals surface area contributed by atoms with Crippen LogP contribution in [0.15, 0.2) is 24.3 Å². The van der Waals surface area contributed by atoms with Crippen molar-refractivity contribution in [2.24, 2.45) is 5.73 Å². The Bertz CT molecular complexity index is 390. The highest BCUT2D eigenvalue weighted by Gasteiger charge is 2.22. The quantitative estimate of drug-likeness (QED) is 0.868. The molecule has 0 aliphatic heterocycles. The van der Waals surface area contributed by atoms with Crippen LogP contribution in [0.3, 0.4) is 0 Å². The fraction of sp³-hybridized carbons (Fsp3) is 0.647. The van der Waals surface area contributed by atoms with Crippen LogP contribution >= 0.6 is 0 Å². The van der Waals surface area contributed by atoms with Gasteiger partial charge >= 0.3 is 0 Å². The zero-order valence-electron chi connectivity index (χ0n) is 12.7. The van der Waals surface area contributed by atoms with Crippen LogP contribution in [-0.2, 0) is 15.9 Å². The monoisotopic (exact) mass is 277 g/mol. The highest BCUT2D eigenvalue weighted by Crippen LogP contribution is 2.24. The SMILES string of the molecule is CCc1ccc(C(N)COC2CCCC(OC)C2)cc1. The molecule has 1 aliphatic rings. The lowest BCUT2D eigenvalue weighted by Gasteiger charge is -2.29. The fourth-order valence-corrected chi connectivity index (χ4v) is 2.80. The summed E-state index contributed by atoms with van der Waals surface area (Å²) in [6.45, 7) is 2.75. The minimum atomic E-state index is -0.0381. The third-order valence-electron chi connectivity index (χ3n) is 4.24. The molecular formula is C17H27NO2. The van der Waals surface area contributed by atoms with E-state index in [1.807, 2.05) is 0 Å². The zero-order chi connectivity index (χ0) is 14.4. The Hall–Kier alpha value is -0.900. The summed E-state index contributed by atoms with van der Waals surface area (Å²) < 4.78 is 11.4. The van der Waals surface area contributed by atoms with Crippen molar-refractivity contribution in [1.29, 1.82) is 0 Å². The Morgan fingerprint density at radius 3 is 2.55 bits per heavy atom. The molecule has 0 aromatic heterocycles. The molecule has 0 saturated heterocycles. The number of ether oxygens (including phenoxy) is 2. The molecule has 3 unspecified atom stereocenters. The van der Waals surface area contributed by atoms with Gasteiger partial charge in [0.15, 0.2) is 0 Å². The molecule has 1 fully saturated rings. The van der Waals surface area contributed by atoms with E-state index in [9.17, 15) is 0 Å². The smallest absolute Gasteiger partial charge is 0.0663 e. The molecule has 0 radical (unpaired) electrons. The number of benzene rings is 1. The van der Waals surface area contributed by atoms with Crippen molar-refractivity contribution in [3.8, 4) is 0 Å². The summed E-state index contributed by atoms with van der Waals surface area (Å²) in [5, 5.41) is 0. The molecular weight excluding hydrogens is 250 g/mol. The molecule has 1 aliphatic carbocycles. The summed E-state index contributed by atoms with van der Waals surface area (Å²) in [7, 11) is 1.79. The van der Waals surface area contributed by atoms with Crippen LogP contribution in [0.5, 0.6) is 0 Å². The summed E-state index contributed by atoms with van der Waals surface area (Å²) in [4.78, 5) is 0. The second kappa shape index (κ2) is 7.77. The molecule has 3 atom stereocenters. The lowest BCUT2D eigenvalue weighted by Crippen LogP contribution is -2.30. The fourth-order valence-electron chi connectivity index (χ4n) is 2.80. The highest BCUT2D eigenvalue weighted by molar-refractivity contribution is 5.24. The zero-order valence-corrected chi connectivity index (χ0v) is 12.7. The van der Waals surface area contributed by atoms with Gasteiger partial charge in [-0.15, -0.1) is 0 Å². The molecule has 1 aromatic rings. The summed E-state index contributed by atoms with van der Waals surface area (Å²) in [5.74, 6) is 0. The molecule has 20 heavy (non-hydrogen) atoms. The molecule has 1 saturated carbocycles. The molecule has 0 bridgehead atoms. The minimum Gasteiger partial charge on any atom is -0.381 e. The highest BCUT2D eigenvalue weighted by atomic mass is 16.5. The Morgan fingerprint density at radius 1 is 1.20 bits per heavy atom. The molecule has 0 spiro atoms. The van der Waals surface area contributed by atoms with Crippen LogP contribution < -0.4 is 5.73 Å². The van der Waals surface area contributed by atoms with Gasteiger partial charge in [0.1, 0.15) is 0 Å². The van der Waals surface area contributed by atoms with E-state index < -0.39 is 0 Å². The van der Waals surface area contributed by atoms with Crippen molar-refractivity contribution >= 4 is 0 Å². The van der Waals surface area contributed by atoms with Crippen LogP contribution in [0.4, 0.5) is 0 Å². The molecule has 3 nitrogen and oxygen atoms in total. The first kappa shape index (κ1) is 15.5. The molecule has 3 heteroatoms. The topological polar surface area (TPSA) is 44.5 Å². The summed E-state index contributed by atoms with van der Waals surface area (Å²) in [5.41, 5.74) is 8.71. The van der Waals surface area contributed by atoms with Gasteiger partial charge in [0.2, 0.25) is 0 Å². The normalized spacial score (nSPS) is 24.6. The van der Waals surface area contributed by atoms with Gasteiger partial charge in [0, 0.05) is 7.11 Å². The molecule has 2 N–H and O–H groups in total. The van der Waals surface area contributed by atoms with Gasteiger partial charge < -0.3 is 15.2 Å². The van der Waals surface area contributed by atoms with Crippen LogP contribution in [0.2, 0.25) is 0 Å². The van der Waals surface area contributed by atoms with Crippen LogP contribution in [0.1, 0.15) is 49.8 Å². The maximum atomic E-state index is 6.21. The van der Waals surface area contributed by atoms with Gasteiger partial charge in [-0.05, 0) is 43.2 Å². The van der Waals surface area contributed by atoms with E-state index in [0.29, 0.717) is 18.8 Å². The Kier molecular flexibility index (Phi) is 6.02. The first-order valence-electron chi connectivity index (χ1n) is 7.71. The number of methoxy groups -OCH3 is 1. The van der Waals surface area contributed by atoms with E-state index in [0.717, 1.165) is 31.2 Å². The minimum absolute atomic E-state index is 0.0381. The van der Waals surface area contributed by atoms with E-state index in [-0.39, 0.29) is 6.04 Å². The van der Waals surface area contributed by atoms with Crippen molar-refractivity contribution in [2.45, 2.75) is 57.3 Å². The molecule has 2 rings (SSSR count). The average Bonchev–Trinajstić information content (AvgIpc) is 2.53. The lowest BCUT2D eigenvalue weighted by atomic mass is 9.95. The van der Waals surface area contributed by atoms with E-state index >= 15 is 0 Å². The van der Waals surface area contributed by atoms with Crippen molar-refractivity contribution < 1.29 is 9.47 Å². The Balaban J connectivity index is 1.80. The summed E-state index contributed by atoms with van der Waals surface area (Å²) >= 11 is 0. The van der Waals surface area contributed by atoms with E-state index in [4.69, 9.17) is 15.2 Å². The van der Waals surface area contributed by atoms with E-state index in [2.05, 4.69) is 31.2 Å². The van der Waals surface area contributed by atoms with Crippen molar-refractivity contribution in [1.82, 2.24) is 0 Å². The first-order chi connectivity index (χ1) is 9.72. The van der Waals surface area contributed by atoms with Crippen LogP contribution in [0, 0.1) is 0 Å². The predicted octanol–water partition coefficient (Wildman–Crippen LogP) is 3.22. The second-order valence-electron chi connectivity index (χ2n) is 5.68. The average molecular weight is 277 g/mol. The standard InChI is InChI=1S/C17H27NO2/c1-3-13-7-9-14(10-8-13)17(18)12-20-16-6-4-5-15(11-16)19-2/h7-10,15-17H,3-6,11-12,18H2,1-2H3. The number of aryl methyl sites for hydroxylation is 1.